The highest BCUT2D eigenvalue weighted by atomic mass is 79.9. The monoisotopic (exact) mass is 390 g/mol. The number of imidazole rings is 1. The third kappa shape index (κ3) is 3.08. The summed E-state index contributed by atoms with van der Waals surface area (Å²) in [7, 11) is 0. The molecule has 0 saturated heterocycles. The fourth-order valence-electron chi connectivity index (χ4n) is 2.82. The van der Waals surface area contributed by atoms with Gasteiger partial charge in [-0.3, -0.25) is 0 Å². The maximum atomic E-state index is 10.3. The van der Waals surface area contributed by atoms with Crippen molar-refractivity contribution in [1.29, 1.82) is 0 Å². The van der Waals surface area contributed by atoms with Crippen molar-refractivity contribution in [3.05, 3.63) is 83.3 Å². The number of aromatic hydroxyl groups is 1. The molecule has 4 heteroatoms. The van der Waals surface area contributed by atoms with E-state index in [-0.39, 0.29) is 5.75 Å². The third-order valence-corrected chi connectivity index (χ3v) is 4.52. The maximum absolute atomic E-state index is 10.3. The molecule has 1 aromatic heterocycles. The Kier molecular flexibility index (Phi) is 4.12. The first-order valence-electron chi connectivity index (χ1n) is 7.92. The van der Waals surface area contributed by atoms with Gasteiger partial charge >= 0.3 is 0 Å². The van der Waals surface area contributed by atoms with Crippen LogP contribution in [-0.4, -0.2) is 15.1 Å². The Bertz CT molecular complexity index is 954. The lowest BCUT2D eigenvalue weighted by atomic mass is 10.1. The molecular formula is C21H15BrN2O. The summed E-state index contributed by atoms with van der Waals surface area (Å²) in [4.78, 5) is 8.17. The predicted molar refractivity (Wildman–Crippen MR) is 104 cm³/mol. The van der Waals surface area contributed by atoms with Crippen LogP contribution in [0.5, 0.6) is 5.75 Å². The minimum Gasteiger partial charge on any atom is -0.507 e. The van der Waals surface area contributed by atoms with E-state index >= 15 is 0 Å². The van der Waals surface area contributed by atoms with Crippen LogP contribution in [0, 0.1) is 0 Å². The SMILES string of the molecule is Oc1cc(Br)ccc1-c1nc(-c2ccccc2)c(-c2ccccc2)[nH]1. The highest BCUT2D eigenvalue weighted by Crippen LogP contribution is 2.36. The number of aromatic nitrogens is 2. The summed E-state index contributed by atoms with van der Waals surface area (Å²) in [6, 6.07) is 25.5. The van der Waals surface area contributed by atoms with Crippen molar-refractivity contribution in [2.24, 2.45) is 0 Å². The van der Waals surface area contributed by atoms with Crippen LogP contribution in [0.4, 0.5) is 0 Å². The Morgan fingerprint density at radius 1 is 0.800 bits per heavy atom. The second-order valence-electron chi connectivity index (χ2n) is 5.70. The topological polar surface area (TPSA) is 48.9 Å². The Balaban J connectivity index is 1.92. The number of rotatable bonds is 3. The molecule has 2 N–H and O–H groups in total. The fourth-order valence-corrected chi connectivity index (χ4v) is 3.17. The molecular weight excluding hydrogens is 376 g/mol. The van der Waals surface area contributed by atoms with Gasteiger partial charge in [0, 0.05) is 15.6 Å². The number of aromatic amines is 1. The van der Waals surface area contributed by atoms with Gasteiger partial charge in [-0.1, -0.05) is 76.6 Å². The van der Waals surface area contributed by atoms with Gasteiger partial charge in [0.1, 0.15) is 11.6 Å². The van der Waals surface area contributed by atoms with Crippen molar-refractivity contribution in [2.45, 2.75) is 0 Å². The molecule has 0 bridgehead atoms. The number of H-pyrrole nitrogens is 1. The van der Waals surface area contributed by atoms with E-state index in [9.17, 15) is 5.11 Å². The summed E-state index contributed by atoms with van der Waals surface area (Å²) in [5, 5.41) is 10.3. The molecule has 0 saturated carbocycles. The zero-order valence-electron chi connectivity index (χ0n) is 13.3. The fraction of sp³-hybridized carbons (Fsp3) is 0. The van der Waals surface area contributed by atoms with Gasteiger partial charge in [-0.05, 0) is 18.2 Å². The van der Waals surface area contributed by atoms with Crippen LogP contribution in [0.15, 0.2) is 83.3 Å². The van der Waals surface area contributed by atoms with Crippen LogP contribution < -0.4 is 0 Å². The number of nitrogens with one attached hydrogen (secondary N) is 1. The molecule has 122 valence electrons. The number of phenolic OH excluding ortho intramolecular Hbond substituents is 1. The first-order valence-corrected chi connectivity index (χ1v) is 8.71. The smallest absolute Gasteiger partial charge is 0.142 e. The molecule has 4 aromatic rings. The van der Waals surface area contributed by atoms with Crippen LogP contribution in [0.2, 0.25) is 0 Å². The summed E-state index contributed by atoms with van der Waals surface area (Å²) in [6.07, 6.45) is 0. The first kappa shape index (κ1) is 15.7. The lowest BCUT2D eigenvalue weighted by Crippen LogP contribution is -1.82. The van der Waals surface area contributed by atoms with E-state index in [0.29, 0.717) is 11.4 Å². The predicted octanol–water partition coefficient (Wildman–Crippen LogP) is 5.88. The molecule has 0 aliphatic rings. The molecule has 0 unspecified atom stereocenters. The van der Waals surface area contributed by atoms with E-state index in [4.69, 9.17) is 4.98 Å². The third-order valence-electron chi connectivity index (χ3n) is 4.03. The van der Waals surface area contributed by atoms with Gasteiger partial charge in [0.05, 0.1) is 17.0 Å². The highest BCUT2D eigenvalue weighted by molar-refractivity contribution is 9.10. The molecule has 1 heterocycles. The molecule has 3 nitrogen and oxygen atoms in total. The molecule has 0 aliphatic carbocycles. The molecule has 0 aliphatic heterocycles. The molecule has 0 fully saturated rings. The van der Waals surface area contributed by atoms with Crippen molar-refractivity contribution in [3.8, 4) is 39.7 Å². The van der Waals surface area contributed by atoms with Crippen LogP contribution in [0.1, 0.15) is 0 Å². The van der Waals surface area contributed by atoms with Gasteiger partial charge in [-0.2, -0.15) is 0 Å². The Morgan fingerprint density at radius 3 is 2.08 bits per heavy atom. The summed E-state index contributed by atoms with van der Waals surface area (Å²) >= 11 is 3.37. The van der Waals surface area contributed by atoms with Gasteiger partial charge in [-0.25, -0.2) is 4.98 Å². The van der Waals surface area contributed by atoms with E-state index in [1.807, 2.05) is 72.8 Å². The van der Waals surface area contributed by atoms with Crippen molar-refractivity contribution in [2.75, 3.05) is 0 Å². The summed E-state index contributed by atoms with van der Waals surface area (Å²) in [6.45, 7) is 0. The van der Waals surface area contributed by atoms with Gasteiger partial charge in [0.15, 0.2) is 0 Å². The lowest BCUT2D eigenvalue weighted by molar-refractivity contribution is 0.476. The molecule has 0 atom stereocenters. The van der Waals surface area contributed by atoms with E-state index in [1.165, 1.54) is 0 Å². The van der Waals surface area contributed by atoms with Crippen molar-refractivity contribution in [1.82, 2.24) is 9.97 Å². The number of halogens is 1. The molecule has 0 amide bonds. The van der Waals surface area contributed by atoms with Crippen molar-refractivity contribution >= 4 is 15.9 Å². The van der Waals surface area contributed by atoms with Gasteiger partial charge in [-0.15, -0.1) is 0 Å². The maximum Gasteiger partial charge on any atom is 0.142 e. The van der Waals surface area contributed by atoms with E-state index < -0.39 is 0 Å². The van der Waals surface area contributed by atoms with Crippen LogP contribution in [0.3, 0.4) is 0 Å². The number of nitrogens with zero attached hydrogens (tertiary/aromatic N) is 1. The Labute approximate surface area is 154 Å². The zero-order chi connectivity index (χ0) is 17.2. The largest absolute Gasteiger partial charge is 0.507 e. The van der Waals surface area contributed by atoms with Crippen LogP contribution >= 0.6 is 15.9 Å². The van der Waals surface area contributed by atoms with Crippen LogP contribution in [-0.2, 0) is 0 Å². The van der Waals surface area contributed by atoms with Crippen molar-refractivity contribution in [3.63, 3.8) is 0 Å². The molecule has 25 heavy (non-hydrogen) atoms. The standard InChI is InChI=1S/C21H15BrN2O/c22-16-11-12-17(18(25)13-16)21-23-19(14-7-3-1-4-8-14)20(24-21)15-9-5-2-6-10-15/h1-13,25H,(H,23,24). The van der Waals surface area contributed by atoms with Crippen LogP contribution in [0.25, 0.3) is 33.9 Å². The lowest BCUT2D eigenvalue weighted by Gasteiger charge is -2.02. The van der Waals surface area contributed by atoms with E-state index in [1.54, 1.807) is 6.07 Å². The van der Waals surface area contributed by atoms with Gasteiger partial charge < -0.3 is 10.1 Å². The zero-order valence-corrected chi connectivity index (χ0v) is 14.9. The number of benzene rings is 3. The normalized spacial score (nSPS) is 10.8. The van der Waals surface area contributed by atoms with Crippen molar-refractivity contribution < 1.29 is 5.11 Å². The first-order chi connectivity index (χ1) is 12.2. The average Bonchev–Trinajstić information content (AvgIpc) is 3.08. The molecule has 0 spiro atoms. The Hall–Kier alpha value is -2.85. The van der Waals surface area contributed by atoms with E-state index in [0.717, 1.165) is 27.0 Å². The number of hydrogen-bond donors (Lipinski definition) is 2. The summed E-state index contributed by atoms with van der Waals surface area (Å²) in [5.41, 5.74) is 4.55. The molecule has 3 aromatic carbocycles. The second kappa shape index (κ2) is 6.57. The molecule has 4 rings (SSSR count). The minimum atomic E-state index is 0.183. The molecule has 0 radical (unpaired) electrons. The second-order valence-corrected chi connectivity index (χ2v) is 6.62. The quantitative estimate of drug-likeness (QED) is 0.458. The average molecular weight is 391 g/mol. The minimum absolute atomic E-state index is 0.183. The highest BCUT2D eigenvalue weighted by Gasteiger charge is 2.16. The van der Waals surface area contributed by atoms with E-state index in [2.05, 4.69) is 20.9 Å². The summed E-state index contributed by atoms with van der Waals surface area (Å²) in [5.74, 6) is 0.824. The number of hydrogen-bond acceptors (Lipinski definition) is 2. The summed E-state index contributed by atoms with van der Waals surface area (Å²) < 4.78 is 0.826. The number of phenols is 1. The van der Waals surface area contributed by atoms with Gasteiger partial charge in [0.2, 0.25) is 0 Å². The Morgan fingerprint density at radius 2 is 1.44 bits per heavy atom. The van der Waals surface area contributed by atoms with Gasteiger partial charge in [0.25, 0.3) is 0 Å².